The maximum absolute atomic E-state index is 12.0. The van der Waals surface area contributed by atoms with E-state index in [1.165, 1.54) is 25.7 Å². The molecule has 1 aliphatic heterocycles. The van der Waals surface area contributed by atoms with Gasteiger partial charge in [-0.15, -0.1) is 0 Å². The lowest BCUT2D eigenvalue weighted by molar-refractivity contribution is -0.131. The van der Waals surface area contributed by atoms with Crippen LogP contribution in [0.25, 0.3) is 0 Å². The number of hydrogen-bond donors (Lipinski definition) is 1. The maximum atomic E-state index is 12.0. The molecule has 0 spiro atoms. The second-order valence-electron chi connectivity index (χ2n) is 5.75. The lowest BCUT2D eigenvalue weighted by Gasteiger charge is -2.23. The van der Waals surface area contributed by atoms with E-state index in [4.69, 9.17) is 0 Å². The normalized spacial score (nSPS) is 26.7. The quantitative estimate of drug-likeness (QED) is 0.802. The van der Waals surface area contributed by atoms with Crippen molar-refractivity contribution in [3.8, 4) is 0 Å². The van der Waals surface area contributed by atoms with E-state index in [-0.39, 0.29) is 23.5 Å². The Kier molecular flexibility index (Phi) is 4.84. The Morgan fingerprint density at radius 1 is 1.26 bits per heavy atom. The molecule has 1 heterocycles. The van der Waals surface area contributed by atoms with E-state index in [0.29, 0.717) is 25.4 Å². The first-order chi connectivity index (χ1) is 8.98. The summed E-state index contributed by atoms with van der Waals surface area (Å²) in [6.07, 6.45) is 6.04. The van der Waals surface area contributed by atoms with Gasteiger partial charge in [0.2, 0.25) is 5.91 Å². The number of carbonyl (C=O) groups excluding carboxylic acids is 1. The Hall–Kier alpha value is -0.620. The highest BCUT2D eigenvalue weighted by Gasteiger charge is 2.32. The summed E-state index contributed by atoms with van der Waals surface area (Å²) in [5, 5.41) is 3.41. The molecule has 2 fully saturated rings. The fraction of sp³-hybridized carbons (Fsp3) is 0.923. The molecule has 0 aromatic rings. The van der Waals surface area contributed by atoms with Crippen LogP contribution in [-0.2, 0) is 14.6 Å². The third-order valence-corrected chi connectivity index (χ3v) is 6.03. The van der Waals surface area contributed by atoms with Crippen molar-refractivity contribution in [2.45, 2.75) is 50.6 Å². The second-order valence-corrected chi connectivity index (χ2v) is 7.98. The molecule has 1 atom stereocenters. The molecule has 1 N–H and O–H groups in total. The van der Waals surface area contributed by atoms with E-state index in [1.54, 1.807) is 11.9 Å². The fourth-order valence-corrected chi connectivity index (χ4v) is 4.75. The van der Waals surface area contributed by atoms with E-state index in [2.05, 4.69) is 5.32 Å². The van der Waals surface area contributed by atoms with Gasteiger partial charge in [0.15, 0.2) is 9.84 Å². The number of hydrogen-bond acceptors (Lipinski definition) is 4. The van der Waals surface area contributed by atoms with Crippen LogP contribution < -0.4 is 5.32 Å². The van der Waals surface area contributed by atoms with Crippen LogP contribution in [0.3, 0.4) is 0 Å². The van der Waals surface area contributed by atoms with Gasteiger partial charge in [-0.1, -0.05) is 12.8 Å². The summed E-state index contributed by atoms with van der Waals surface area (Å²) in [6, 6.07) is 0.453. The van der Waals surface area contributed by atoms with Crippen molar-refractivity contribution in [1.29, 1.82) is 0 Å². The van der Waals surface area contributed by atoms with Gasteiger partial charge < -0.3 is 10.2 Å². The highest BCUT2D eigenvalue weighted by Crippen LogP contribution is 2.18. The molecule has 6 heteroatoms. The largest absolute Gasteiger partial charge is 0.342 e. The predicted octanol–water partition coefficient (Wildman–Crippen LogP) is 0.554. The molecule has 2 rings (SSSR count). The number of nitrogens with one attached hydrogen (secondary N) is 1. The highest BCUT2D eigenvalue weighted by atomic mass is 32.2. The first kappa shape index (κ1) is 14.8. The average molecular weight is 288 g/mol. The molecule has 1 amide bonds. The fourth-order valence-electron chi connectivity index (χ4n) is 2.97. The van der Waals surface area contributed by atoms with Gasteiger partial charge in [-0.2, -0.15) is 0 Å². The number of sulfone groups is 1. The topological polar surface area (TPSA) is 66.5 Å². The molecule has 0 radical (unpaired) electrons. The van der Waals surface area contributed by atoms with Gasteiger partial charge in [0.1, 0.15) is 0 Å². The van der Waals surface area contributed by atoms with Crippen LogP contribution in [0.15, 0.2) is 0 Å². The number of rotatable bonds is 5. The van der Waals surface area contributed by atoms with E-state index in [9.17, 15) is 13.2 Å². The van der Waals surface area contributed by atoms with Crippen LogP contribution in [-0.4, -0.2) is 56.4 Å². The van der Waals surface area contributed by atoms with Crippen LogP contribution in [0.4, 0.5) is 0 Å². The maximum Gasteiger partial charge on any atom is 0.223 e. The van der Waals surface area contributed by atoms with E-state index < -0.39 is 9.84 Å². The van der Waals surface area contributed by atoms with E-state index >= 15 is 0 Å². The Morgan fingerprint density at radius 2 is 1.95 bits per heavy atom. The third-order valence-electron chi connectivity index (χ3n) is 4.28. The van der Waals surface area contributed by atoms with Crippen LogP contribution >= 0.6 is 0 Å². The molecule has 5 nitrogen and oxygen atoms in total. The molecule has 2 aliphatic rings. The van der Waals surface area contributed by atoms with Crippen molar-refractivity contribution < 1.29 is 13.2 Å². The summed E-state index contributed by atoms with van der Waals surface area (Å²) in [5.41, 5.74) is 0. The molecule has 1 aliphatic carbocycles. The zero-order chi connectivity index (χ0) is 13.9. The van der Waals surface area contributed by atoms with Crippen molar-refractivity contribution in [1.82, 2.24) is 10.2 Å². The summed E-state index contributed by atoms with van der Waals surface area (Å²) >= 11 is 0. The van der Waals surface area contributed by atoms with Crippen LogP contribution in [0.2, 0.25) is 0 Å². The molecule has 0 bridgehead atoms. The van der Waals surface area contributed by atoms with Gasteiger partial charge in [-0.3, -0.25) is 4.79 Å². The Bertz CT molecular complexity index is 416. The minimum Gasteiger partial charge on any atom is -0.342 e. The zero-order valence-electron chi connectivity index (χ0n) is 11.6. The smallest absolute Gasteiger partial charge is 0.223 e. The molecule has 110 valence electrons. The van der Waals surface area contributed by atoms with Gasteiger partial charge in [0.05, 0.1) is 11.5 Å². The van der Waals surface area contributed by atoms with Gasteiger partial charge in [0.25, 0.3) is 0 Å². The van der Waals surface area contributed by atoms with Gasteiger partial charge in [-0.25, -0.2) is 8.42 Å². The van der Waals surface area contributed by atoms with Crippen molar-refractivity contribution in [2.24, 2.45) is 0 Å². The number of nitrogens with zero attached hydrogens (tertiary/aromatic N) is 1. The minimum atomic E-state index is -2.92. The van der Waals surface area contributed by atoms with Gasteiger partial charge in [-0.05, 0) is 19.3 Å². The Balaban J connectivity index is 1.70. The molecule has 1 unspecified atom stereocenters. The molecule has 19 heavy (non-hydrogen) atoms. The van der Waals surface area contributed by atoms with Crippen LogP contribution in [0, 0.1) is 0 Å². The minimum absolute atomic E-state index is 0.0487. The summed E-state index contributed by atoms with van der Waals surface area (Å²) in [5.74, 6) is 0.397. The van der Waals surface area contributed by atoms with E-state index in [1.807, 2.05) is 0 Å². The SMILES string of the molecule is CN(C(=O)CCNC1CCCC1)C1CCS(=O)(=O)C1. The van der Waals surface area contributed by atoms with Crippen LogP contribution in [0.1, 0.15) is 38.5 Å². The molecular formula is C13H24N2O3S. The second kappa shape index (κ2) is 6.22. The highest BCUT2D eigenvalue weighted by molar-refractivity contribution is 7.91. The standard InChI is InChI=1S/C13H24N2O3S/c1-15(12-7-9-19(17,18)10-12)13(16)6-8-14-11-4-2-3-5-11/h11-12,14H,2-10H2,1H3. The summed E-state index contributed by atoms with van der Waals surface area (Å²) in [6.45, 7) is 0.702. The molecule has 0 aromatic carbocycles. The lowest BCUT2D eigenvalue weighted by atomic mass is 10.2. The summed E-state index contributed by atoms with van der Waals surface area (Å²) < 4.78 is 22.8. The first-order valence-corrected chi connectivity index (χ1v) is 8.99. The van der Waals surface area contributed by atoms with Crippen LogP contribution in [0.5, 0.6) is 0 Å². The third kappa shape index (κ3) is 4.18. The Morgan fingerprint density at radius 3 is 2.53 bits per heavy atom. The van der Waals surface area contributed by atoms with Gasteiger partial charge in [0, 0.05) is 32.1 Å². The average Bonchev–Trinajstić information content (AvgIpc) is 2.97. The summed E-state index contributed by atoms with van der Waals surface area (Å²) in [7, 11) is -1.19. The van der Waals surface area contributed by atoms with Crippen molar-refractivity contribution >= 4 is 15.7 Å². The first-order valence-electron chi connectivity index (χ1n) is 7.17. The van der Waals surface area contributed by atoms with Gasteiger partial charge >= 0.3 is 0 Å². The molecule has 0 aromatic heterocycles. The molecule has 1 saturated carbocycles. The predicted molar refractivity (Wildman–Crippen MR) is 74.7 cm³/mol. The van der Waals surface area contributed by atoms with Crippen molar-refractivity contribution in [3.05, 3.63) is 0 Å². The molecular weight excluding hydrogens is 264 g/mol. The molecule has 1 saturated heterocycles. The lowest BCUT2D eigenvalue weighted by Crippen LogP contribution is -2.39. The number of carbonyl (C=O) groups is 1. The summed E-state index contributed by atoms with van der Waals surface area (Å²) in [4.78, 5) is 13.6. The van der Waals surface area contributed by atoms with Crippen molar-refractivity contribution in [2.75, 3.05) is 25.1 Å². The van der Waals surface area contributed by atoms with Crippen molar-refractivity contribution in [3.63, 3.8) is 0 Å². The van der Waals surface area contributed by atoms with E-state index in [0.717, 1.165) is 0 Å². The number of amides is 1. The zero-order valence-corrected chi connectivity index (χ0v) is 12.4. The Labute approximate surface area is 115 Å². The monoisotopic (exact) mass is 288 g/mol.